The summed E-state index contributed by atoms with van der Waals surface area (Å²) in [5.74, 6) is -1.15. The first-order valence-corrected chi connectivity index (χ1v) is 5.98. The number of hydrogen-bond donors (Lipinski definition) is 0. The summed E-state index contributed by atoms with van der Waals surface area (Å²) < 4.78 is 25.9. The molecule has 15 heavy (non-hydrogen) atoms. The highest BCUT2D eigenvalue weighted by Crippen LogP contribution is 2.13. The van der Waals surface area contributed by atoms with Crippen LogP contribution in [0.2, 0.25) is 0 Å². The maximum absolute atomic E-state index is 13.2. The van der Waals surface area contributed by atoms with Crippen LogP contribution in [0.4, 0.5) is 8.78 Å². The van der Waals surface area contributed by atoms with E-state index in [0.717, 1.165) is 11.8 Å². The average Bonchev–Trinajstić information content (AvgIpc) is 2.22. The minimum absolute atomic E-state index is 0.0237. The molecule has 0 aliphatic carbocycles. The van der Waals surface area contributed by atoms with Gasteiger partial charge in [0.05, 0.1) is 0 Å². The van der Waals surface area contributed by atoms with E-state index in [1.54, 1.807) is 11.8 Å². The molecule has 0 N–H and O–H groups in total. The van der Waals surface area contributed by atoms with Gasteiger partial charge in [0.1, 0.15) is 5.78 Å². The lowest BCUT2D eigenvalue weighted by atomic mass is 10.1. The lowest BCUT2D eigenvalue weighted by Crippen LogP contribution is -2.06. The molecule has 0 saturated heterocycles. The molecule has 1 aromatic rings. The van der Waals surface area contributed by atoms with Gasteiger partial charge in [0.15, 0.2) is 11.6 Å². The first-order chi connectivity index (χ1) is 7.15. The van der Waals surface area contributed by atoms with Crippen molar-refractivity contribution in [1.29, 1.82) is 0 Å². The van der Waals surface area contributed by atoms with Crippen molar-refractivity contribution < 1.29 is 13.6 Å². The zero-order valence-electron chi connectivity index (χ0n) is 8.43. The quantitative estimate of drug-likeness (QED) is 0.773. The fourth-order valence-corrected chi connectivity index (χ4v) is 1.63. The van der Waals surface area contributed by atoms with E-state index in [9.17, 15) is 13.6 Å². The molecular weight excluding hydrogens is 218 g/mol. The van der Waals surface area contributed by atoms with Gasteiger partial charge in [-0.25, -0.2) is 8.78 Å². The number of benzene rings is 1. The van der Waals surface area contributed by atoms with Gasteiger partial charge < -0.3 is 0 Å². The Balaban J connectivity index is 2.64. The van der Waals surface area contributed by atoms with Gasteiger partial charge in [-0.05, 0) is 23.6 Å². The van der Waals surface area contributed by atoms with Crippen LogP contribution in [0.3, 0.4) is 0 Å². The van der Waals surface area contributed by atoms with E-state index in [1.807, 2.05) is 6.26 Å². The Morgan fingerprint density at radius 2 is 2.13 bits per heavy atom. The van der Waals surface area contributed by atoms with E-state index in [4.69, 9.17) is 0 Å². The van der Waals surface area contributed by atoms with Gasteiger partial charge in [0.25, 0.3) is 0 Å². The molecule has 0 amide bonds. The summed E-state index contributed by atoms with van der Waals surface area (Å²) in [6.45, 7) is 0. The molecule has 1 aromatic carbocycles. The predicted octanol–water partition coefficient (Wildman–Crippen LogP) is 2.83. The van der Waals surface area contributed by atoms with Crippen molar-refractivity contribution in [3.63, 3.8) is 0 Å². The highest BCUT2D eigenvalue weighted by Gasteiger charge is 2.10. The topological polar surface area (TPSA) is 17.1 Å². The van der Waals surface area contributed by atoms with Crippen LogP contribution in [0.1, 0.15) is 12.0 Å². The summed E-state index contributed by atoms with van der Waals surface area (Å²) >= 11 is 1.56. The maximum atomic E-state index is 13.2. The number of Topliss-reactive ketones (excluding diaryl/α,β-unsaturated/α-hetero) is 1. The second-order valence-electron chi connectivity index (χ2n) is 3.17. The van der Waals surface area contributed by atoms with Crippen LogP contribution < -0.4 is 0 Å². The maximum Gasteiger partial charge on any atom is 0.162 e. The van der Waals surface area contributed by atoms with Crippen LogP contribution in [-0.4, -0.2) is 17.8 Å². The van der Waals surface area contributed by atoms with E-state index >= 15 is 0 Å². The van der Waals surface area contributed by atoms with Crippen molar-refractivity contribution in [2.45, 2.75) is 12.8 Å². The first-order valence-electron chi connectivity index (χ1n) is 4.58. The Bertz CT molecular complexity index is 352. The third-order valence-electron chi connectivity index (χ3n) is 2.00. The first kappa shape index (κ1) is 12.2. The van der Waals surface area contributed by atoms with Crippen LogP contribution in [0, 0.1) is 11.6 Å². The lowest BCUT2D eigenvalue weighted by Gasteiger charge is -2.02. The van der Waals surface area contributed by atoms with Crippen molar-refractivity contribution in [2.24, 2.45) is 0 Å². The number of thioether (sulfide) groups is 1. The molecule has 0 heterocycles. The SMILES string of the molecule is CSCCC(=O)Cc1cccc(F)c1F. The molecule has 0 fully saturated rings. The highest BCUT2D eigenvalue weighted by molar-refractivity contribution is 7.98. The fourth-order valence-electron chi connectivity index (χ4n) is 1.20. The Morgan fingerprint density at radius 3 is 2.80 bits per heavy atom. The number of hydrogen-bond acceptors (Lipinski definition) is 2. The van der Waals surface area contributed by atoms with Gasteiger partial charge in [-0.2, -0.15) is 11.8 Å². The van der Waals surface area contributed by atoms with E-state index in [1.165, 1.54) is 12.1 Å². The summed E-state index contributed by atoms with van der Waals surface area (Å²) in [5, 5.41) is 0. The minimum Gasteiger partial charge on any atom is -0.299 e. The third kappa shape index (κ3) is 3.63. The summed E-state index contributed by atoms with van der Waals surface area (Å²) in [5.41, 5.74) is 0.140. The fraction of sp³-hybridized carbons (Fsp3) is 0.364. The van der Waals surface area contributed by atoms with Crippen molar-refractivity contribution in [2.75, 3.05) is 12.0 Å². The number of ketones is 1. The largest absolute Gasteiger partial charge is 0.299 e. The zero-order chi connectivity index (χ0) is 11.3. The summed E-state index contributed by atoms with van der Waals surface area (Å²) in [4.78, 5) is 11.3. The molecule has 0 atom stereocenters. The number of halogens is 2. The Hall–Kier alpha value is -0.900. The second-order valence-corrected chi connectivity index (χ2v) is 4.16. The standard InChI is InChI=1S/C11H12F2OS/c1-15-6-5-9(14)7-8-3-2-4-10(12)11(8)13/h2-4H,5-7H2,1H3. The molecule has 0 radical (unpaired) electrons. The Kier molecular flexibility index (Phi) is 4.75. The molecule has 1 rings (SSSR count). The molecule has 0 spiro atoms. The Labute approximate surface area is 91.9 Å². The molecule has 0 unspecified atom stereocenters. The molecule has 0 saturated carbocycles. The zero-order valence-corrected chi connectivity index (χ0v) is 9.24. The number of rotatable bonds is 5. The van der Waals surface area contributed by atoms with Crippen LogP contribution in [0.25, 0.3) is 0 Å². The summed E-state index contributed by atoms with van der Waals surface area (Å²) in [6, 6.07) is 3.90. The summed E-state index contributed by atoms with van der Waals surface area (Å²) in [7, 11) is 0. The van der Waals surface area contributed by atoms with Crippen LogP contribution in [-0.2, 0) is 11.2 Å². The molecule has 0 aliphatic rings. The molecule has 0 bridgehead atoms. The van der Waals surface area contributed by atoms with Gasteiger partial charge in [-0.15, -0.1) is 0 Å². The minimum atomic E-state index is -0.907. The highest BCUT2D eigenvalue weighted by atomic mass is 32.2. The molecule has 4 heteroatoms. The third-order valence-corrected chi connectivity index (χ3v) is 2.62. The van der Waals surface area contributed by atoms with Crippen LogP contribution in [0.5, 0.6) is 0 Å². The monoisotopic (exact) mass is 230 g/mol. The van der Waals surface area contributed by atoms with E-state index in [2.05, 4.69) is 0 Å². The average molecular weight is 230 g/mol. The second kappa shape index (κ2) is 5.85. The van der Waals surface area contributed by atoms with Gasteiger partial charge >= 0.3 is 0 Å². The summed E-state index contributed by atoms with van der Waals surface area (Å²) in [6.07, 6.45) is 2.28. The van der Waals surface area contributed by atoms with E-state index < -0.39 is 11.6 Å². The van der Waals surface area contributed by atoms with Gasteiger partial charge in [0.2, 0.25) is 0 Å². The molecule has 0 aliphatic heterocycles. The van der Waals surface area contributed by atoms with E-state index in [-0.39, 0.29) is 17.8 Å². The molecule has 0 aromatic heterocycles. The van der Waals surface area contributed by atoms with Crippen LogP contribution >= 0.6 is 11.8 Å². The molecular formula is C11H12F2OS. The van der Waals surface area contributed by atoms with Crippen LogP contribution in [0.15, 0.2) is 18.2 Å². The Morgan fingerprint density at radius 1 is 1.40 bits per heavy atom. The molecule has 82 valence electrons. The number of carbonyl (C=O) groups excluding carboxylic acids is 1. The number of carbonyl (C=O) groups is 1. The van der Waals surface area contributed by atoms with Gasteiger partial charge in [-0.1, -0.05) is 12.1 Å². The predicted molar refractivity (Wildman–Crippen MR) is 58.1 cm³/mol. The van der Waals surface area contributed by atoms with Gasteiger partial charge in [-0.3, -0.25) is 4.79 Å². The van der Waals surface area contributed by atoms with E-state index in [0.29, 0.717) is 6.42 Å². The van der Waals surface area contributed by atoms with Crippen molar-refractivity contribution in [3.8, 4) is 0 Å². The van der Waals surface area contributed by atoms with Crippen molar-refractivity contribution in [1.82, 2.24) is 0 Å². The van der Waals surface area contributed by atoms with Gasteiger partial charge in [0, 0.05) is 12.8 Å². The molecule has 1 nitrogen and oxygen atoms in total. The lowest BCUT2D eigenvalue weighted by molar-refractivity contribution is -0.118. The van der Waals surface area contributed by atoms with Crippen molar-refractivity contribution >= 4 is 17.5 Å². The smallest absolute Gasteiger partial charge is 0.162 e. The van der Waals surface area contributed by atoms with Crippen molar-refractivity contribution in [3.05, 3.63) is 35.4 Å². The normalized spacial score (nSPS) is 10.3.